The van der Waals surface area contributed by atoms with Crippen molar-refractivity contribution in [3.05, 3.63) is 76.9 Å². The summed E-state index contributed by atoms with van der Waals surface area (Å²) in [6, 6.07) is 11.6. The number of hydrogen-bond acceptors (Lipinski definition) is 5. The van der Waals surface area contributed by atoms with E-state index in [1.54, 1.807) is 38.6 Å². The fraction of sp³-hybridized carbons (Fsp3) is 0.150. The molecule has 2 heterocycles. The fourth-order valence-electron chi connectivity index (χ4n) is 3.09. The molecule has 0 aliphatic heterocycles. The summed E-state index contributed by atoms with van der Waals surface area (Å²) >= 11 is 1.38. The van der Waals surface area contributed by atoms with E-state index < -0.39 is 15.8 Å². The van der Waals surface area contributed by atoms with Crippen molar-refractivity contribution in [3.63, 3.8) is 0 Å². The van der Waals surface area contributed by atoms with Crippen LogP contribution in [-0.2, 0) is 29.9 Å². The Balaban J connectivity index is 1.79. The maximum atomic E-state index is 13.2. The molecule has 0 aliphatic carbocycles. The van der Waals surface area contributed by atoms with Crippen LogP contribution in [0.15, 0.2) is 73.8 Å². The van der Waals surface area contributed by atoms with Crippen molar-refractivity contribution in [1.29, 1.82) is 0 Å². The number of thioether (sulfide) groups is 1. The van der Waals surface area contributed by atoms with Crippen molar-refractivity contribution in [2.75, 3.05) is 4.72 Å². The third-order valence-corrected chi connectivity index (χ3v) is 7.15. The summed E-state index contributed by atoms with van der Waals surface area (Å²) in [6.07, 6.45) is 1.57. The van der Waals surface area contributed by atoms with E-state index in [4.69, 9.17) is 4.42 Å². The average Bonchev–Trinajstić information content (AvgIpc) is 3.30. The number of furan rings is 1. The van der Waals surface area contributed by atoms with Gasteiger partial charge in [-0.1, -0.05) is 0 Å². The van der Waals surface area contributed by atoms with Gasteiger partial charge in [-0.3, -0.25) is 13.9 Å². The van der Waals surface area contributed by atoms with Crippen LogP contribution < -0.4 is 10.4 Å². The molecule has 0 fully saturated rings. The Labute approximate surface area is 176 Å². The Morgan fingerprint density at radius 1 is 1.07 bits per heavy atom. The predicted molar refractivity (Wildman–Crippen MR) is 114 cm³/mol. The minimum absolute atomic E-state index is 0.0621. The molecule has 0 radical (unpaired) electrons. The normalized spacial score (nSPS) is 11.8. The van der Waals surface area contributed by atoms with E-state index in [1.165, 1.54) is 33.0 Å². The highest BCUT2D eigenvalue weighted by Crippen LogP contribution is 2.35. The van der Waals surface area contributed by atoms with E-state index >= 15 is 0 Å². The van der Waals surface area contributed by atoms with Gasteiger partial charge in [-0.15, -0.1) is 11.8 Å². The molecule has 2 aromatic carbocycles. The summed E-state index contributed by atoms with van der Waals surface area (Å²) in [7, 11) is -0.673. The Morgan fingerprint density at radius 2 is 1.73 bits per heavy atom. The number of nitrogens with one attached hydrogen (secondary N) is 1. The van der Waals surface area contributed by atoms with Crippen LogP contribution in [0.3, 0.4) is 0 Å². The van der Waals surface area contributed by atoms with Crippen LogP contribution in [0.4, 0.5) is 10.1 Å². The number of hydrogen-bond donors (Lipinski definition) is 1. The number of imidazole rings is 1. The topological polar surface area (TPSA) is 86.2 Å². The van der Waals surface area contributed by atoms with Crippen molar-refractivity contribution in [2.24, 2.45) is 14.1 Å². The molecule has 0 saturated carbocycles. The Bertz CT molecular complexity index is 1370. The van der Waals surface area contributed by atoms with Gasteiger partial charge in [0.05, 0.1) is 33.6 Å². The van der Waals surface area contributed by atoms with Crippen molar-refractivity contribution >= 4 is 38.5 Å². The predicted octanol–water partition coefficient (Wildman–Crippen LogP) is 3.70. The molecule has 156 valence electrons. The van der Waals surface area contributed by atoms with Crippen LogP contribution in [0.5, 0.6) is 0 Å². The second-order valence-electron chi connectivity index (χ2n) is 6.67. The van der Waals surface area contributed by atoms with Crippen LogP contribution in [-0.4, -0.2) is 17.6 Å². The fourth-order valence-corrected chi connectivity index (χ4v) is 5.14. The number of fused-ring (bicyclic) bond motifs is 1. The number of aromatic nitrogens is 2. The minimum Gasteiger partial charge on any atom is -0.468 e. The molecule has 0 saturated heterocycles. The maximum absolute atomic E-state index is 13.2. The van der Waals surface area contributed by atoms with Crippen LogP contribution in [0, 0.1) is 5.82 Å². The number of nitrogens with zero attached hydrogens (tertiary/aromatic N) is 2. The van der Waals surface area contributed by atoms with Gasteiger partial charge in [0, 0.05) is 19.0 Å². The van der Waals surface area contributed by atoms with Gasteiger partial charge in [-0.05, 0) is 48.5 Å². The molecule has 1 N–H and O–H groups in total. The lowest BCUT2D eigenvalue weighted by Gasteiger charge is -2.13. The van der Waals surface area contributed by atoms with Crippen molar-refractivity contribution in [3.8, 4) is 0 Å². The number of rotatable bonds is 6. The number of halogens is 1. The summed E-state index contributed by atoms with van der Waals surface area (Å²) in [5, 5.41) is 0. The molecule has 0 unspecified atom stereocenters. The summed E-state index contributed by atoms with van der Waals surface area (Å²) in [5.74, 6) is 0.684. The van der Waals surface area contributed by atoms with Crippen molar-refractivity contribution in [1.82, 2.24) is 9.13 Å². The highest BCUT2D eigenvalue weighted by molar-refractivity contribution is 7.98. The summed E-state index contributed by atoms with van der Waals surface area (Å²) in [4.78, 5) is 12.9. The lowest BCUT2D eigenvalue weighted by molar-refractivity contribution is 0.530. The van der Waals surface area contributed by atoms with Gasteiger partial charge in [0.1, 0.15) is 11.6 Å². The average molecular weight is 448 g/mol. The van der Waals surface area contributed by atoms with E-state index in [2.05, 4.69) is 4.72 Å². The third kappa shape index (κ3) is 3.75. The van der Waals surface area contributed by atoms with Gasteiger partial charge in [-0.25, -0.2) is 17.6 Å². The molecular formula is C20H18FN3O4S2. The van der Waals surface area contributed by atoms with Crippen LogP contribution in [0.25, 0.3) is 11.0 Å². The van der Waals surface area contributed by atoms with Crippen molar-refractivity contribution in [2.45, 2.75) is 15.5 Å². The van der Waals surface area contributed by atoms with Gasteiger partial charge in [-0.2, -0.15) is 0 Å². The Kier molecular flexibility index (Phi) is 5.20. The molecule has 7 nitrogen and oxygen atoms in total. The molecule has 0 amide bonds. The summed E-state index contributed by atoms with van der Waals surface area (Å²) in [5.41, 5.74) is 1.37. The molecule has 0 atom stereocenters. The van der Waals surface area contributed by atoms with E-state index in [-0.39, 0.29) is 10.6 Å². The zero-order chi connectivity index (χ0) is 21.5. The summed E-state index contributed by atoms with van der Waals surface area (Å²) in [6.45, 7) is 0. The van der Waals surface area contributed by atoms with Crippen LogP contribution in [0.2, 0.25) is 0 Å². The quantitative estimate of drug-likeness (QED) is 0.456. The van der Waals surface area contributed by atoms with Crippen LogP contribution in [0.1, 0.15) is 5.76 Å². The first kappa shape index (κ1) is 20.3. The first-order chi connectivity index (χ1) is 14.3. The first-order valence-electron chi connectivity index (χ1n) is 8.89. The zero-order valence-corrected chi connectivity index (χ0v) is 17.8. The molecule has 0 bridgehead atoms. The maximum Gasteiger partial charge on any atom is 0.328 e. The van der Waals surface area contributed by atoms with Gasteiger partial charge >= 0.3 is 5.69 Å². The molecule has 30 heavy (non-hydrogen) atoms. The molecular weight excluding hydrogens is 429 g/mol. The molecule has 4 aromatic rings. The second-order valence-corrected chi connectivity index (χ2v) is 9.36. The molecule has 4 rings (SSSR count). The number of sulfonamides is 1. The number of aryl methyl sites for hydroxylation is 2. The van der Waals surface area contributed by atoms with Gasteiger partial charge < -0.3 is 4.42 Å². The SMILES string of the molecule is Cn1c(=O)n(C)c2cc(SCc3ccco3)c(NS(=O)(=O)c3ccc(F)cc3)cc21. The lowest BCUT2D eigenvalue weighted by Crippen LogP contribution is -2.19. The van der Waals surface area contributed by atoms with E-state index in [0.717, 1.165) is 17.9 Å². The standard InChI is InChI=1S/C20H18FN3O4S2/c1-23-17-10-16(22-30(26,27)15-7-5-13(21)6-8-15)19(11-18(17)24(2)20(23)25)29-12-14-4-3-9-28-14/h3-11,22H,12H2,1-2H3. The van der Waals surface area contributed by atoms with Crippen LogP contribution >= 0.6 is 11.8 Å². The molecule has 0 aliphatic rings. The van der Waals surface area contributed by atoms with Gasteiger partial charge in [0.15, 0.2) is 0 Å². The number of anilines is 1. The molecule has 10 heteroatoms. The Hall–Kier alpha value is -2.98. The highest BCUT2D eigenvalue weighted by atomic mass is 32.2. The Morgan fingerprint density at radius 3 is 2.37 bits per heavy atom. The van der Waals surface area contributed by atoms with Gasteiger partial charge in [0.2, 0.25) is 0 Å². The first-order valence-corrected chi connectivity index (χ1v) is 11.4. The van der Waals surface area contributed by atoms with E-state index in [9.17, 15) is 17.6 Å². The minimum atomic E-state index is -3.96. The number of benzene rings is 2. The second kappa shape index (κ2) is 7.69. The van der Waals surface area contributed by atoms with Gasteiger partial charge in [0.25, 0.3) is 10.0 Å². The molecule has 2 aromatic heterocycles. The van der Waals surface area contributed by atoms with Crippen molar-refractivity contribution < 1.29 is 17.2 Å². The third-order valence-electron chi connectivity index (χ3n) is 4.69. The molecule has 0 spiro atoms. The zero-order valence-electron chi connectivity index (χ0n) is 16.1. The van der Waals surface area contributed by atoms with E-state index in [1.807, 2.05) is 6.07 Å². The van der Waals surface area contributed by atoms with E-state index in [0.29, 0.717) is 27.4 Å². The highest BCUT2D eigenvalue weighted by Gasteiger charge is 2.19. The monoisotopic (exact) mass is 447 g/mol. The largest absolute Gasteiger partial charge is 0.468 e. The summed E-state index contributed by atoms with van der Waals surface area (Å²) < 4.78 is 49.8. The smallest absolute Gasteiger partial charge is 0.328 e. The lowest BCUT2D eigenvalue weighted by atomic mass is 10.3.